The van der Waals surface area contributed by atoms with E-state index in [0.29, 0.717) is 0 Å². The Morgan fingerprint density at radius 1 is 1.19 bits per heavy atom. The van der Waals surface area contributed by atoms with E-state index in [9.17, 15) is 0 Å². The van der Waals surface area contributed by atoms with Crippen LogP contribution in [0.1, 0.15) is 53.9 Å². The van der Waals surface area contributed by atoms with Gasteiger partial charge in [0.25, 0.3) is 0 Å². The highest BCUT2D eigenvalue weighted by Crippen LogP contribution is 2.26. The van der Waals surface area contributed by atoms with Crippen molar-refractivity contribution >= 4 is 0 Å². The zero-order chi connectivity index (χ0) is 12.1. The molecule has 0 aromatic heterocycles. The second-order valence-electron chi connectivity index (χ2n) is 4.85. The summed E-state index contributed by atoms with van der Waals surface area (Å²) in [7, 11) is 0. The molecule has 0 aromatic carbocycles. The van der Waals surface area contributed by atoms with Gasteiger partial charge in [-0.25, -0.2) is 0 Å². The molecule has 0 spiro atoms. The Morgan fingerprint density at radius 3 is 2.44 bits per heavy atom. The van der Waals surface area contributed by atoms with Crippen LogP contribution in [0.25, 0.3) is 0 Å². The lowest BCUT2D eigenvalue weighted by molar-refractivity contribution is 0.920. The summed E-state index contributed by atoms with van der Waals surface area (Å²) in [5.74, 6) is 0. The van der Waals surface area contributed by atoms with Gasteiger partial charge in [0.1, 0.15) is 0 Å². The molecule has 0 unspecified atom stereocenters. The lowest BCUT2D eigenvalue weighted by Crippen LogP contribution is -1.90. The summed E-state index contributed by atoms with van der Waals surface area (Å²) in [6.45, 7) is 11.1. The number of allylic oxidation sites excluding steroid dienone is 8. The number of hydrogen-bond donors (Lipinski definition) is 0. The van der Waals surface area contributed by atoms with Crippen LogP contribution in [0.4, 0.5) is 0 Å². The molecular formula is C16H24. The van der Waals surface area contributed by atoms with Crippen LogP contribution in [-0.4, -0.2) is 0 Å². The van der Waals surface area contributed by atoms with Crippen LogP contribution in [0.15, 0.2) is 46.1 Å². The Labute approximate surface area is 100 Å². The van der Waals surface area contributed by atoms with E-state index in [4.69, 9.17) is 0 Å². The number of rotatable bonds is 3. The summed E-state index contributed by atoms with van der Waals surface area (Å²) >= 11 is 0. The second kappa shape index (κ2) is 5.89. The van der Waals surface area contributed by atoms with Crippen LogP contribution in [0, 0.1) is 0 Å². The van der Waals surface area contributed by atoms with Crippen molar-refractivity contribution in [1.82, 2.24) is 0 Å². The van der Waals surface area contributed by atoms with Crippen molar-refractivity contribution in [3.63, 3.8) is 0 Å². The first kappa shape index (κ1) is 13.0. The van der Waals surface area contributed by atoms with Gasteiger partial charge in [-0.2, -0.15) is 0 Å². The average molecular weight is 216 g/mol. The summed E-state index contributed by atoms with van der Waals surface area (Å²) in [5, 5.41) is 0. The van der Waals surface area contributed by atoms with E-state index in [-0.39, 0.29) is 0 Å². The molecule has 1 aliphatic carbocycles. The molecule has 1 rings (SSSR count). The van der Waals surface area contributed by atoms with Crippen LogP contribution >= 0.6 is 0 Å². The van der Waals surface area contributed by atoms with Gasteiger partial charge in [0, 0.05) is 0 Å². The van der Waals surface area contributed by atoms with E-state index < -0.39 is 0 Å². The first-order valence-corrected chi connectivity index (χ1v) is 6.27. The predicted octanol–water partition coefficient (Wildman–Crippen LogP) is 5.35. The van der Waals surface area contributed by atoms with Crippen molar-refractivity contribution in [3.8, 4) is 0 Å². The van der Waals surface area contributed by atoms with Crippen molar-refractivity contribution in [2.45, 2.75) is 53.9 Å². The Balaban J connectivity index is 2.98. The van der Waals surface area contributed by atoms with E-state index in [1.54, 1.807) is 0 Å². The maximum Gasteiger partial charge on any atom is -0.00864 e. The third-order valence-corrected chi connectivity index (χ3v) is 3.33. The lowest BCUT2D eigenvalue weighted by Gasteiger charge is -2.10. The van der Waals surface area contributed by atoms with Crippen LogP contribution in [0.3, 0.4) is 0 Å². The molecule has 0 heteroatoms. The van der Waals surface area contributed by atoms with Gasteiger partial charge < -0.3 is 0 Å². The zero-order valence-electron chi connectivity index (χ0n) is 11.4. The fourth-order valence-electron chi connectivity index (χ4n) is 2.02. The Kier molecular flexibility index (Phi) is 4.79. The van der Waals surface area contributed by atoms with E-state index in [0.717, 1.165) is 6.42 Å². The molecular weight excluding hydrogens is 192 g/mol. The van der Waals surface area contributed by atoms with Crippen molar-refractivity contribution in [2.24, 2.45) is 0 Å². The van der Waals surface area contributed by atoms with E-state index in [1.807, 2.05) is 0 Å². The number of hydrogen-bond acceptors (Lipinski definition) is 0. The first-order valence-electron chi connectivity index (χ1n) is 6.27. The Bertz CT molecular complexity index is 369. The zero-order valence-corrected chi connectivity index (χ0v) is 11.4. The standard InChI is InChI=1S/C16H24/c1-6-7-15-9-8-13(4)16(11-10-15)14(5)12(2)3/h8-10H,6-7,11H2,1-5H3. The fourth-order valence-corrected chi connectivity index (χ4v) is 2.02. The molecule has 0 fully saturated rings. The normalized spacial score (nSPS) is 15.9. The summed E-state index contributed by atoms with van der Waals surface area (Å²) < 4.78 is 0. The summed E-state index contributed by atoms with van der Waals surface area (Å²) in [4.78, 5) is 0. The maximum absolute atomic E-state index is 2.39. The van der Waals surface area contributed by atoms with Gasteiger partial charge >= 0.3 is 0 Å². The quantitative estimate of drug-likeness (QED) is 0.597. The van der Waals surface area contributed by atoms with Crippen LogP contribution in [0.2, 0.25) is 0 Å². The van der Waals surface area contributed by atoms with Crippen LogP contribution in [0.5, 0.6) is 0 Å². The minimum Gasteiger partial charge on any atom is -0.0769 e. The molecule has 0 radical (unpaired) electrons. The third kappa shape index (κ3) is 3.23. The van der Waals surface area contributed by atoms with E-state index in [1.165, 1.54) is 40.7 Å². The molecule has 0 nitrogen and oxygen atoms in total. The Morgan fingerprint density at radius 2 is 1.88 bits per heavy atom. The topological polar surface area (TPSA) is 0 Å². The molecule has 1 aliphatic rings. The SMILES string of the molecule is CCCC1=CCC(C(C)=C(C)C)=C(C)C=C1. The molecule has 0 heterocycles. The van der Waals surface area contributed by atoms with Gasteiger partial charge in [-0.15, -0.1) is 0 Å². The molecule has 0 saturated carbocycles. The van der Waals surface area contributed by atoms with E-state index in [2.05, 4.69) is 52.8 Å². The molecule has 0 aromatic rings. The first-order chi connectivity index (χ1) is 7.56. The molecule has 0 aliphatic heterocycles. The lowest BCUT2D eigenvalue weighted by atomic mass is 9.96. The van der Waals surface area contributed by atoms with Gasteiger partial charge in [0.15, 0.2) is 0 Å². The fraction of sp³-hybridized carbons (Fsp3) is 0.500. The second-order valence-corrected chi connectivity index (χ2v) is 4.85. The average Bonchev–Trinajstić information content (AvgIpc) is 2.41. The smallest absolute Gasteiger partial charge is 0.00864 e. The highest BCUT2D eigenvalue weighted by Gasteiger charge is 2.07. The summed E-state index contributed by atoms with van der Waals surface area (Å²) in [6, 6.07) is 0. The molecule has 0 bridgehead atoms. The third-order valence-electron chi connectivity index (χ3n) is 3.33. The van der Waals surface area contributed by atoms with Gasteiger partial charge in [-0.1, -0.05) is 42.7 Å². The monoisotopic (exact) mass is 216 g/mol. The maximum atomic E-state index is 2.39. The van der Waals surface area contributed by atoms with Crippen LogP contribution in [-0.2, 0) is 0 Å². The molecule has 0 amide bonds. The predicted molar refractivity (Wildman–Crippen MR) is 73.5 cm³/mol. The largest absolute Gasteiger partial charge is 0.0769 e. The molecule has 16 heavy (non-hydrogen) atoms. The van der Waals surface area contributed by atoms with Crippen molar-refractivity contribution < 1.29 is 0 Å². The van der Waals surface area contributed by atoms with Gasteiger partial charge in [0.2, 0.25) is 0 Å². The van der Waals surface area contributed by atoms with Crippen molar-refractivity contribution in [1.29, 1.82) is 0 Å². The van der Waals surface area contributed by atoms with E-state index >= 15 is 0 Å². The van der Waals surface area contributed by atoms with Crippen molar-refractivity contribution in [3.05, 3.63) is 46.1 Å². The summed E-state index contributed by atoms with van der Waals surface area (Å²) in [5.41, 5.74) is 7.29. The molecule has 0 saturated heterocycles. The molecule has 88 valence electrons. The van der Waals surface area contributed by atoms with Gasteiger partial charge in [-0.3, -0.25) is 0 Å². The van der Waals surface area contributed by atoms with Crippen LogP contribution < -0.4 is 0 Å². The minimum absolute atomic E-state index is 1.09. The Hall–Kier alpha value is -1.04. The van der Waals surface area contributed by atoms with Crippen molar-refractivity contribution in [2.75, 3.05) is 0 Å². The highest BCUT2D eigenvalue weighted by atomic mass is 14.1. The van der Waals surface area contributed by atoms with Gasteiger partial charge in [-0.05, 0) is 57.3 Å². The summed E-state index contributed by atoms with van der Waals surface area (Å²) in [6.07, 6.45) is 10.5. The molecule has 0 N–H and O–H groups in total. The minimum atomic E-state index is 1.09. The highest BCUT2D eigenvalue weighted by molar-refractivity contribution is 5.45. The van der Waals surface area contributed by atoms with Gasteiger partial charge in [0.05, 0.1) is 0 Å². The molecule has 0 atom stereocenters.